The van der Waals surface area contributed by atoms with E-state index in [0.717, 1.165) is 16.1 Å². The van der Waals surface area contributed by atoms with Gasteiger partial charge in [0.2, 0.25) is 0 Å². The average Bonchev–Trinajstić information content (AvgIpc) is 2.24. The lowest BCUT2D eigenvalue weighted by Crippen LogP contribution is -2.57. The van der Waals surface area contributed by atoms with E-state index in [2.05, 4.69) is 4.18 Å². The highest BCUT2D eigenvalue weighted by atomic mass is 32.2. The van der Waals surface area contributed by atoms with E-state index in [0.29, 0.717) is 0 Å². The SMILES string of the molecule is CS(=O)(=O)OCC1CN(C(=O)O)CCN1C(=O)O. The second-order valence-corrected chi connectivity index (χ2v) is 5.49. The minimum absolute atomic E-state index is 0.0145. The summed E-state index contributed by atoms with van der Waals surface area (Å²) in [6.07, 6.45) is -1.57. The van der Waals surface area contributed by atoms with Crippen molar-refractivity contribution in [3.05, 3.63) is 0 Å². The van der Waals surface area contributed by atoms with Crippen molar-refractivity contribution in [2.75, 3.05) is 32.5 Å². The van der Waals surface area contributed by atoms with Crippen LogP contribution in [0.5, 0.6) is 0 Å². The van der Waals surface area contributed by atoms with Crippen molar-refractivity contribution in [3.8, 4) is 0 Å². The first-order chi connectivity index (χ1) is 8.20. The molecule has 9 nitrogen and oxygen atoms in total. The number of hydrogen-bond acceptors (Lipinski definition) is 5. The van der Waals surface area contributed by atoms with Gasteiger partial charge in [0.15, 0.2) is 0 Å². The van der Waals surface area contributed by atoms with Crippen molar-refractivity contribution in [1.82, 2.24) is 9.80 Å². The summed E-state index contributed by atoms with van der Waals surface area (Å²) in [4.78, 5) is 23.7. The third-order valence-electron chi connectivity index (χ3n) is 2.47. The van der Waals surface area contributed by atoms with E-state index in [1.807, 2.05) is 0 Å². The highest BCUT2D eigenvalue weighted by molar-refractivity contribution is 7.85. The van der Waals surface area contributed by atoms with Crippen molar-refractivity contribution in [3.63, 3.8) is 0 Å². The Morgan fingerprint density at radius 1 is 1.28 bits per heavy atom. The van der Waals surface area contributed by atoms with Crippen LogP contribution in [0.2, 0.25) is 0 Å². The summed E-state index contributed by atoms with van der Waals surface area (Å²) >= 11 is 0. The molecule has 0 radical (unpaired) electrons. The second kappa shape index (κ2) is 5.40. The molecule has 0 bridgehead atoms. The van der Waals surface area contributed by atoms with Crippen molar-refractivity contribution in [2.45, 2.75) is 6.04 Å². The zero-order chi connectivity index (χ0) is 13.9. The predicted octanol–water partition coefficient (Wildman–Crippen LogP) is -0.695. The molecule has 0 saturated carbocycles. The molecular weight excluding hydrogens is 268 g/mol. The van der Waals surface area contributed by atoms with Crippen molar-refractivity contribution in [2.24, 2.45) is 0 Å². The molecule has 1 aliphatic heterocycles. The third-order valence-corrected chi connectivity index (χ3v) is 3.04. The number of hydrogen-bond donors (Lipinski definition) is 2. The monoisotopic (exact) mass is 282 g/mol. The summed E-state index contributed by atoms with van der Waals surface area (Å²) in [7, 11) is -3.70. The minimum Gasteiger partial charge on any atom is -0.465 e. The van der Waals surface area contributed by atoms with Gasteiger partial charge in [-0.05, 0) is 0 Å². The number of piperazine rings is 1. The molecule has 1 rings (SSSR count). The molecule has 1 atom stereocenters. The Bertz CT molecular complexity index is 435. The molecule has 0 aromatic carbocycles. The van der Waals surface area contributed by atoms with Crippen LogP contribution < -0.4 is 0 Å². The van der Waals surface area contributed by atoms with Gasteiger partial charge in [0.1, 0.15) is 0 Å². The van der Waals surface area contributed by atoms with Crippen LogP contribution in [0.3, 0.4) is 0 Å². The van der Waals surface area contributed by atoms with Crippen LogP contribution in [0.4, 0.5) is 9.59 Å². The molecule has 0 aromatic heterocycles. The van der Waals surface area contributed by atoms with E-state index in [1.54, 1.807) is 0 Å². The van der Waals surface area contributed by atoms with Crippen molar-refractivity contribution in [1.29, 1.82) is 0 Å². The lowest BCUT2D eigenvalue weighted by molar-refractivity contribution is 0.0474. The summed E-state index contributed by atoms with van der Waals surface area (Å²) in [5, 5.41) is 17.7. The van der Waals surface area contributed by atoms with Crippen LogP contribution in [0.25, 0.3) is 0 Å². The molecule has 1 fully saturated rings. The molecular formula is C8H14N2O7S. The number of rotatable bonds is 3. The summed E-state index contributed by atoms with van der Waals surface area (Å²) in [5.41, 5.74) is 0. The van der Waals surface area contributed by atoms with Gasteiger partial charge < -0.3 is 15.1 Å². The van der Waals surface area contributed by atoms with Gasteiger partial charge in [-0.3, -0.25) is 9.08 Å². The predicted molar refractivity (Wildman–Crippen MR) is 58.9 cm³/mol. The van der Waals surface area contributed by atoms with Gasteiger partial charge in [0.25, 0.3) is 10.1 Å². The van der Waals surface area contributed by atoms with Crippen molar-refractivity contribution < 1.29 is 32.4 Å². The molecule has 1 aliphatic rings. The number of nitrogens with zero attached hydrogens (tertiary/aromatic N) is 2. The maximum Gasteiger partial charge on any atom is 0.407 e. The normalized spacial score (nSPS) is 20.8. The van der Waals surface area contributed by atoms with E-state index in [1.165, 1.54) is 0 Å². The molecule has 10 heteroatoms. The summed E-state index contributed by atoms with van der Waals surface area (Å²) in [6.45, 7) is -0.470. The third kappa shape index (κ3) is 4.04. The van der Waals surface area contributed by atoms with Crippen LogP contribution in [0, 0.1) is 0 Å². The molecule has 104 valence electrons. The fraction of sp³-hybridized carbons (Fsp3) is 0.750. The van der Waals surface area contributed by atoms with Crippen LogP contribution in [-0.2, 0) is 14.3 Å². The highest BCUT2D eigenvalue weighted by Crippen LogP contribution is 2.11. The Morgan fingerprint density at radius 3 is 2.33 bits per heavy atom. The van der Waals surface area contributed by atoms with E-state index in [-0.39, 0.29) is 19.6 Å². The summed E-state index contributed by atoms with van der Waals surface area (Å²) in [6, 6.07) is -0.831. The van der Waals surface area contributed by atoms with Gasteiger partial charge in [-0.2, -0.15) is 8.42 Å². The average molecular weight is 282 g/mol. The summed E-state index contributed by atoms with van der Waals surface area (Å²) < 4.78 is 26.2. The topological polar surface area (TPSA) is 124 Å². The Hall–Kier alpha value is -1.55. The molecule has 0 aromatic rings. The van der Waals surface area contributed by atoms with Gasteiger partial charge in [-0.25, -0.2) is 9.59 Å². The number of amides is 2. The van der Waals surface area contributed by atoms with Gasteiger partial charge >= 0.3 is 12.2 Å². The fourth-order valence-electron chi connectivity index (χ4n) is 1.63. The largest absolute Gasteiger partial charge is 0.465 e. The number of carboxylic acid groups (broad SMARTS) is 2. The summed E-state index contributed by atoms with van der Waals surface area (Å²) in [5.74, 6) is 0. The van der Waals surface area contributed by atoms with E-state index in [9.17, 15) is 18.0 Å². The second-order valence-electron chi connectivity index (χ2n) is 3.85. The Balaban J connectivity index is 2.72. The van der Waals surface area contributed by atoms with Gasteiger partial charge in [-0.15, -0.1) is 0 Å². The first-order valence-corrected chi connectivity index (χ1v) is 6.84. The van der Waals surface area contributed by atoms with Crippen LogP contribution in [-0.4, -0.2) is 79.2 Å². The molecule has 2 N–H and O–H groups in total. The maximum absolute atomic E-state index is 10.9. The smallest absolute Gasteiger partial charge is 0.407 e. The molecule has 1 unspecified atom stereocenters. The van der Waals surface area contributed by atoms with Crippen LogP contribution in [0.1, 0.15) is 0 Å². The molecule has 18 heavy (non-hydrogen) atoms. The Kier molecular flexibility index (Phi) is 4.35. The van der Waals surface area contributed by atoms with E-state index < -0.39 is 35.0 Å². The molecule has 1 heterocycles. The van der Waals surface area contributed by atoms with Crippen LogP contribution in [0.15, 0.2) is 0 Å². The highest BCUT2D eigenvalue weighted by Gasteiger charge is 2.33. The Morgan fingerprint density at radius 2 is 1.89 bits per heavy atom. The zero-order valence-electron chi connectivity index (χ0n) is 9.64. The zero-order valence-corrected chi connectivity index (χ0v) is 10.5. The van der Waals surface area contributed by atoms with E-state index in [4.69, 9.17) is 10.2 Å². The number of carbonyl (C=O) groups is 2. The Labute approximate surface area is 104 Å². The van der Waals surface area contributed by atoms with Crippen molar-refractivity contribution >= 4 is 22.3 Å². The molecule has 0 aliphatic carbocycles. The van der Waals surface area contributed by atoms with E-state index >= 15 is 0 Å². The molecule has 1 saturated heterocycles. The first kappa shape index (κ1) is 14.5. The van der Waals surface area contributed by atoms with Gasteiger partial charge in [0, 0.05) is 19.6 Å². The lowest BCUT2D eigenvalue weighted by atomic mass is 10.2. The van der Waals surface area contributed by atoms with Crippen LogP contribution >= 0.6 is 0 Å². The molecule has 0 spiro atoms. The lowest BCUT2D eigenvalue weighted by Gasteiger charge is -2.38. The first-order valence-electron chi connectivity index (χ1n) is 5.02. The molecule has 2 amide bonds. The van der Waals surface area contributed by atoms with Gasteiger partial charge in [0.05, 0.1) is 18.9 Å². The fourth-order valence-corrected chi connectivity index (χ4v) is 2.03. The minimum atomic E-state index is -3.70. The standard InChI is InChI=1S/C8H14N2O7S/c1-18(15,16)17-5-6-4-9(7(11)12)2-3-10(6)8(13)14/h6H,2-5H2,1H3,(H,11,12)(H,13,14). The maximum atomic E-state index is 10.9. The quantitative estimate of drug-likeness (QED) is 0.656. The van der Waals surface area contributed by atoms with Gasteiger partial charge in [-0.1, -0.05) is 0 Å².